The van der Waals surface area contributed by atoms with Crippen LogP contribution in [0.5, 0.6) is 0 Å². The molecule has 2 aliphatic rings. The fraction of sp³-hybridized carbons (Fsp3) is 0.0667. The zero-order chi connectivity index (χ0) is 35.3. The normalized spacial score (nSPS) is 17.4. The maximum Gasteiger partial charge on any atom is 0.221 e. The van der Waals surface area contributed by atoms with Crippen molar-refractivity contribution >= 4 is 78.8 Å². The molecule has 0 saturated carbocycles. The maximum absolute atomic E-state index is 13.6. The highest BCUT2D eigenvalue weighted by Gasteiger charge is 2.45. The molecule has 0 fully saturated rings. The fourth-order valence-corrected chi connectivity index (χ4v) is 10.9. The van der Waals surface area contributed by atoms with Crippen LogP contribution in [-0.4, -0.2) is 9.11 Å². The van der Waals surface area contributed by atoms with Gasteiger partial charge in [-0.05, 0) is 102 Å². The lowest BCUT2D eigenvalue weighted by Gasteiger charge is -2.33. The number of para-hydroxylation sites is 1. The van der Waals surface area contributed by atoms with Crippen molar-refractivity contribution < 1.29 is 9.11 Å². The predicted octanol–water partition coefficient (Wildman–Crippen LogP) is 11.2. The van der Waals surface area contributed by atoms with Crippen LogP contribution in [-0.2, 0) is 5.41 Å². The molecule has 8 aromatic rings. The van der Waals surface area contributed by atoms with Gasteiger partial charge in [-0.15, -0.1) is 0 Å². The van der Waals surface area contributed by atoms with Gasteiger partial charge in [0.15, 0.2) is 21.5 Å². The van der Waals surface area contributed by atoms with Crippen molar-refractivity contribution in [2.45, 2.75) is 18.8 Å². The average Bonchev–Trinajstić information content (AvgIpc) is 3.46. The third kappa shape index (κ3) is 4.41. The summed E-state index contributed by atoms with van der Waals surface area (Å²) in [6.07, 6.45) is 5.26. The Morgan fingerprint density at radius 3 is 1.75 bits per heavy atom. The lowest BCUT2D eigenvalue weighted by Crippen LogP contribution is -2.27. The number of allylic oxidation sites excluding steroid dienone is 4. The third-order valence-electron chi connectivity index (χ3n) is 10.9. The van der Waals surface area contributed by atoms with Gasteiger partial charge < -0.3 is 4.90 Å². The molecular weight excluding hydrogens is 683 g/mol. The van der Waals surface area contributed by atoms with Crippen LogP contribution in [0.3, 0.4) is 0 Å². The number of fused-ring (bicyclic) bond motifs is 7. The van der Waals surface area contributed by atoms with Gasteiger partial charge in [0, 0.05) is 41.1 Å². The number of hydrogen-bond acceptors (Lipinski definition) is 5. The minimum Gasteiger partial charge on any atom is -0.313 e. The van der Waals surface area contributed by atoms with Crippen molar-refractivity contribution in [2.24, 2.45) is 0 Å². The Morgan fingerprint density at radius 2 is 1.10 bits per heavy atom. The van der Waals surface area contributed by atoms with E-state index in [-0.39, 0.29) is 16.3 Å². The first-order valence-corrected chi connectivity index (χ1v) is 19.5. The molecular formula is C45H31NO4S2+2. The summed E-state index contributed by atoms with van der Waals surface area (Å²) in [6, 6.07) is 43.2. The van der Waals surface area contributed by atoms with Gasteiger partial charge >= 0.3 is 0 Å². The third-order valence-corrected chi connectivity index (χ3v) is 14.0. The Bertz CT molecular complexity index is 3030. The van der Waals surface area contributed by atoms with Crippen LogP contribution in [0.4, 0.5) is 11.4 Å². The number of rotatable bonds is 3. The number of hydrogen-bond donors (Lipinski definition) is 2. The second-order valence-electron chi connectivity index (χ2n) is 13.8. The van der Waals surface area contributed by atoms with Gasteiger partial charge in [-0.25, -0.2) is 0 Å². The Balaban J connectivity index is 1.12. The Morgan fingerprint density at radius 1 is 0.577 bits per heavy atom. The average molecular weight is 714 g/mol. The van der Waals surface area contributed by atoms with Crippen molar-refractivity contribution in [2.75, 3.05) is 4.90 Å². The summed E-state index contributed by atoms with van der Waals surface area (Å²) in [7, 11) is -2.34. The molecule has 0 bridgehead atoms. The van der Waals surface area contributed by atoms with Gasteiger partial charge in [0.05, 0.1) is 27.2 Å². The summed E-state index contributed by atoms with van der Waals surface area (Å²) >= 11 is 0. The largest absolute Gasteiger partial charge is 0.313 e. The molecule has 10 rings (SSSR count). The van der Waals surface area contributed by atoms with Gasteiger partial charge in [-0.2, -0.15) is 9.11 Å². The summed E-state index contributed by atoms with van der Waals surface area (Å²) in [5.74, 6) is 0. The second-order valence-corrected chi connectivity index (χ2v) is 16.7. The van der Waals surface area contributed by atoms with Crippen LogP contribution >= 0.6 is 21.5 Å². The lowest BCUT2D eigenvalue weighted by atomic mass is 9.74. The predicted molar refractivity (Wildman–Crippen MR) is 217 cm³/mol. The fourth-order valence-electron chi connectivity index (χ4n) is 8.18. The van der Waals surface area contributed by atoms with E-state index in [1.165, 1.54) is 5.56 Å². The maximum atomic E-state index is 13.6. The molecule has 52 heavy (non-hydrogen) atoms. The van der Waals surface area contributed by atoms with Crippen LogP contribution in [0.15, 0.2) is 161 Å². The highest BCUT2D eigenvalue weighted by atomic mass is 32.2. The van der Waals surface area contributed by atoms with Crippen LogP contribution < -0.4 is 15.8 Å². The van der Waals surface area contributed by atoms with Crippen molar-refractivity contribution in [1.29, 1.82) is 0 Å². The molecule has 7 heteroatoms. The highest BCUT2D eigenvalue weighted by molar-refractivity contribution is 7.37. The standard InChI is InChI=1S/C45H31NO4S2/c1-45-22-21-30(28-17-20-41-35(24-28)44(48)33-12-6-8-14-39(33)52(41)50)26-42(45)46(31-9-3-2-4-10-31)37-25-29(15-18-36(37)45)27-16-19-40-34(23-27)43(47)32-11-5-7-13-38(32)51(40)49/h2-21,23-26,49-50H,22H2,1H3/q+2. The van der Waals surface area contributed by atoms with E-state index in [9.17, 15) is 18.7 Å². The quantitative estimate of drug-likeness (QED) is 0.141. The molecule has 2 N–H and O–H groups in total. The Kier molecular flexibility index (Phi) is 6.81. The van der Waals surface area contributed by atoms with Crippen LogP contribution in [0.1, 0.15) is 24.5 Å². The van der Waals surface area contributed by atoms with Gasteiger partial charge in [0.1, 0.15) is 0 Å². The van der Waals surface area contributed by atoms with E-state index in [1.54, 1.807) is 12.1 Å². The van der Waals surface area contributed by atoms with E-state index >= 15 is 0 Å². The molecule has 1 aliphatic heterocycles. The van der Waals surface area contributed by atoms with Gasteiger partial charge in [0.2, 0.25) is 29.7 Å². The second kappa shape index (κ2) is 11.4. The Hall–Kier alpha value is -5.70. The molecule has 250 valence electrons. The first-order chi connectivity index (χ1) is 25.3. The minimum atomic E-state index is -1.17. The van der Waals surface area contributed by atoms with E-state index < -0.39 is 21.5 Å². The van der Waals surface area contributed by atoms with Gasteiger partial charge in [-0.3, -0.25) is 9.59 Å². The summed E-state index contributed by atoms with van der Waals surface area (Å²) < 4.78 is 25.0. The summed E-state index contributed by atoms with van der Waals surface area (Å²) in [6.45, 7) is 2.29. The topological polar surface area (TPSA) is 77.8 Å². The first-order valence-electron chi connectivity index (χ1n) is 17.2. The van der Waals surface area contributed by atoms with Gasteiger partial charge in [0.25, 0.3) is 0 Å². The van der Waals surface area contributed by atoms with Crippen molar-refractivity contribution in [3.8, 4) is 11.1 Å². The van der Waals surface area contributed by atoms with Gasteiger partial charge in [-0.1, -0.05) is 60.7 Å². The van der Waals surface area contributed by atoms with E-state index in [1.807, 2.05) is 91.0 Å². The lowest BCUT2D eigenvalue weighted by molar-refractivity contribution is 0.579. The zero-order valence-electron chi connectivity index (χ0n) is 28.0. The molecule has 2 aromatic heterocycles. The van der Waals surface area contributed by atoms with E-state index in [0.717, 1.165) is 45.8 Å². The summed E-state index contributed by atoms with van der Waals surface area (Å²) in [5, 5.41) is 2.20. The van der Waals surface area contributed by atoms with Crippen LogP contribution in [0.25, 0.3) is 57.0 Å². The van der Waals surface area contributed by atoms with Crippen LogP contribution in [0.2, 0.25) is 0 Å². The molecule has 3 heterocycles. The molecule has 1 aliphatic carbocycles. The zero-order valence-corrected chi connectivity index (χ0v) is 29.7. The smallest absolute Gasteiger partial charge is 0.221 e. The molecule has 0 amide bonds. The Labute approximate surface area is 304 Å². The molecule has 0 spiro atoms. The van der Waals surface area contributed by atoms with E-state index in [4.69, 9.17) is 0 Å². The number of anilines is 2. The first kappa shape index (κ1) is 31.1. The molecule has 6 aromatic carbocycles. The van der Waals surface area contributed by atoms with E-state index in [0.29, 0.717) is 40.3 Å². The SMILES string of the molecule is CC12CC=C(c3ccc4c(c3)c(=O)c3ccccc3[s+]4O)C=C1N(c1ccccc1)c1cc(-c3ccc4c(c3)c(=O)c3ccccc3[s+]4O)ccc12. The van der Waals surface area contributed by atoms with Crippen molar-refractivity contribution in [3.05, 3.63) is 183 Å². The monoisotopic (exact) mass is 713 g/mol. The van der Waals surface area contributed by atoms with E-state index in [2.05, 4.69) is 54.3 Å². The number of benzene rings is 6. The van der Waals surface area contributed by atoms with Crippen molar-refractivity contribution in [1.82, 2.24) is 0 Å². The highest BCUT2D eigenvalue weighted by Crippen LogP contribution is 2.56. The van der Waals surface area contributed by atoms with Crippen LogP contribution in [0, 0.1) is 0 Å². The molecule has 5 nitrogen and oxygen atoms in total. The molecule has 3 atom stereocenters. The molecule has 0 radical (unpaired) electrons. The minimum absolute atomic E-state index is 0.0612. The molecule has 0 saturated heterocycles. The summed E-state index contributed by atoms with van der Waals surface area (Å²) in [5.41, 5.74) is 7.89. The molecule has 3 unspecified atom stereocenters. The van der Waals surface area contributed by atoms with Crippen molar-refractivity contribution in [3.63, 3.8) is 0 Å². The number of nitrogens with zero attached hydrogens (tertiary/aromatic N) is 1. The summed E-state index contributed by atoms with van der Waals surface area (Å²) in [4.78, 5) is 29.6.